The molecule has 0 aliphatic rings. The average molecular weight is 357 g/mol. The quantitative estimate of drug-likeness (QED) is 0.390. The number of rotatable bonds is 10. The van der Waals surface area contributed by atoms with E-state index in [2.05, 4.69) is 69.8 Å². The Labute approximate surface area is 157 Å². The van der Waals surface area contributed by atoms with E-state index in [0.29, 0.717) is 6.04 Å². The average Bonchev–Trinajstić information content (AvgIpc) is 3.20. The van der Waals surface area contributed by atoms with Crippen molar-refractivity contribution in [2.45, 2.75) is 32.9 Å². The molecule has 0 spiro atoms. The van der Waals surface area contributed by atoms with Gasteiger partial charge in [0.2, 0.25) is 0 Å². The molecule has 142 valence electrons. The summed E-state index contributed by atoms with van der Waals surface area (Å²) < 4.78 is 1.95. The molecule has 1 atom stereocenters. The van der Waals surface area contributed by atoms with Crippen LogP contribution < -0.4 is 10.6 Å². The highest BCUT2D eigenvalue weighted by Crippen LogP contribution is 2.19. The van der Waals surface area contributed by atoms with Crippen molar-refractivity contribution in [3.05, 3.63) is 54.4 Å². The third kappa shape index (κ3) is 6.19. The monoisotopic (exact) mass is 356 g/mol. The molecule has 26 heavy (non-hydrogen) atoms. The van der Waals surface area contributed by atoms with E-state index in [-0.39, 0.29) is 0 Å². The second kappa shape index (κ2) is 11.3. The number of likely N-dealkylation sites (N-methyl/N-ethyl adjacent to an activating group) is 1. The zero-order valence-corrected chi connectivity index (χ0v) is 16.2. The minimum Gasteiger partial charge on any atom is -0.356 e. The molecular weight excluding hydrogens is 324 g/mol. The lowest BCUT2D eigenvalue weighted by atomic mass is 10.1. The van der Waals surface area contributed by atoms with E-state index in [1.807, 2.05) is 30.2 Å². The molecule has 2 rings (SSSR count). The number of hydrogen-bond acceptors (Lipinski definition) is 3. The molecule has 0 aliphatic carbocycles. The fourth-order valence-electron chi connectivity index (χ4n) is 3.09. The van der Waals surface area contributed by atoms with Crippen LogP contribution in [0.15, 0.2) is 53.8 Å². The van der Waals surface area contributed by atoms with Crippen LogP contribution in [0, 0.1) is 0 Å². The van der Waals surface area contributed by atoms with Gasteiger partial charge in [-0.05, 0) is 31.1 Å². The zero-order chi connectivity index (χ0) is 18.6. The molecule has 1 heterocycles. The zero-order valence-electron chi connectivity index (χ0n) is 16.2. The van der Waals surface area contributed by atoms with Crippen LogP contribution in [0.2, 0.25) is 0 Å². The molecule has 0 amide bonds. The van der Waals surface area contributed by atoms with Gasteiger partial charge in [0.15, 0.2) is 5.96 Å². The van der Waals surface area contributed by atoms with Gasteiger partial charge in [-0.2, -0.15) is 5.10 Å². The number of nitrogens with one attached hydrogen (secondary N) is 2. The van der Waals surface area contributed by atoms with Crippen molar-refractivity contribution >= 4 is 5.96 Å². The molecule has 0 saturated heterocycles. The second-order valence-corrected chi connectivity index (χ2v) is 6.15. The normalized spacial score (nSPS) is 13.0. The molecule has 1 aromatic carbocycles. The number of nitrogens with zero attached hydrogens (tertiary/aromatic N) is 4. The lowest BCUT2D eigenvalue weighted by Gasteiger charge is -2.30. The molecule has 0 fully saturated rings. The van der Waals surface area contributed by atoms with E-state index in [9.17, 15) is 0 Å². The smallest absolute Gasteiger partial charge is 0.191 e. The molecule has 6 heteroatoms. The maximum atomic E-state index is 4.35. The van der Waals surface area contributed by atoms with E-state index in [4.69, 9.17) is 0 Å². The van der Waals surface area contributed by atoms with Crippen LogP contribution >= 0.6 is 0 Å². The minimum absolute atomic E-state index is 0.328. The third-order valence-corrected chi connectivity index (χ3v) is 4.54. The largest absolute Gasteiger partial charge is 0.356 e. The van der Waals surface area contributed by atoms with E-state index in [0.717, 1.165) is 45.1 Å². The number of aryl methyl sites for hydroxylation is 1. The first kappa shape index (κ1) is 20.0. The predicted molar refractivity (Wildman–Crippen MR) is 108 cm³/mol. The first-order valence-corrected chi connectivity index (χ1v) is 9.49. The van der Waals surface area contributed by atoms with E-state index < -0.39 is 0 Å². The van der Waals surface area contributed by atoms with Crippen molar-refractivity contribution in [3.63, 3.8) is 0 Å². The summed E-state index contributed by atoms with van der Waals surface area (Å²) in [5.41, 5.74) is 1.33. The van der Waals surface area contributed by atoms with Gasteiger partial charge >= 0.3 is 0 Å². The maximum absolute atomic E-state index is 4.35. The first-order chi connectivity index (χ1) is 12.8. The summed E-state index contributed by atoms with van der Waals surface area (Å²) in [6.07, 6.45) is 4.80. The number of guanidine groups is 1. The minimum atomic E-state index is 0.328. The van der Waals surface area contributed by atoms with Crippen molar-refractivity contribution in [1.29, 1.82) is 0 Å². The van der Waals surface area contributed by atoms with Crippen LogP contribution in [0.1, 0.15) is 31.9 Å². The number of hydrogen-bond donors (Lipinski definition) is 2. The Morgan fingerprint density at radius 2 is 1.92 bits per heavy atom. The fraction of sp³-hybridized carbons (Fsp3) is 0.500. The molecule has 0 saturated carbocycles. The molecule has 1 unspecified atom stereocenters. The van der Waals surface area contributed by atoms with Gasteiger partial charge in [-0.25, -0.2) is 0 Å². The van der Waals surface area contributed by atoms with Gasteiger partial charge in [0.05, 0.1) is 6.04 Å². The Bertz CT molecular complexity index is 619. The standard InChI is InChI=1S/C20H32N6/c1-4-25(5-2)19(18-11-7-6-8-12-18)17-23-20(21-3)22-13-9-15-26-16-10-14-24-26/h6-8,10-12,14,16,19H,4-5,9,13,15,17H2,1-3H3,(H2,21,22,23). The molecule has 0 bridgehead atoms. The Morgan fingerprint density at radius 1 is 1.15 bits per heavy atom. The summed E-state index contributed by atoms with van der Waals surface area (Å²) in [5.74, 6) is 0.846. The van der Waals surface area contributed by atoms with Crippen LogP contribution in [0.5, 0.6) is 0 Å². The highest BCUT2D eigenvalue weighted by Gasteiger charge is 2.17. The van der Waals surface area contributed by atoms with Crippen molar-refractivity contribution in [3.8, 4) is 0 Å². The van der Waals surface area contributed by atoms with E-state index in [1.54, 1.807) is 0 Å². The van der Waals surface area contributed by atoms with Crippen molar-refractivity contribution in [2.75, 3.05) is 33.2 Å². The van der Waals surface area contributed by atoms with Gasteiger partial charge in [-0.15, -0.1) is 0 Å². The summed E-state index contributed by atoms with van der Waals surface area (Å²) >= 11 is 0. The van der Waals surface area contributed by atoms with E-state index in [1.165, 1.54) is 5.56 Å². The van der Waals surface area contributed by atoms with Crippen molar-refractivity contribution in [2.24, 2.45) is 4.99 Å². The molecule has 2 N–H and O–H groups in total. The Balaban J connectivity index is 1.84. The molecular formula is C20H32N6. The van der Waals surface area contributed by atoms with Gasteiger partial charge in [-0.1, -0.05) is 44.2 Å². The van der Waals surface area contributed by atoms with Crippen LogP contribution in [0.25, 0.3) is 0 Å². The summed E-state index contributed by atoms with van der Waals surface area (Å²) in [6.45, 7) is 9.05. The topological polar surface area (TPSA) is 57.5 Å². The fourth-order valence-corrected chi connectivity index (χ4v) is 3.09. The number of aliphatic imine (C=N–C) groups is 1. The maximum Gasteiger partial charge on any atom is 0.191 e. The summed E-state index contributed by atoms with van der Waals surface area (Å²) in [4.78, 5) is 6.82. The van der Waals surface area contributed by atoms with Crippen LogP contribution in [-0.4, -0.2) is 53.9 Å². The lowest BCUT2D eigenvalue weighted by molar-refractivity contribution is 0.219. The van der Waals surface area contributed by atoms with Gasteiger partial charge in [0.1, 0.15) is 0 Å². The Hall–Kier alpha value is -2.34. The van der Waals surface area contributed by atoms with Gasteiger partial charge in [-0.3, -0.25) is 14.6 Å². The Kier molecular flexibility index (Phi) is 8.69. The van der Waals surface area contributed by atoms with Gasteiger partial charge in [0, 0.05) is 39.1 Å². The molecule has 0 aliphatic heterocycles. The third-order valence-electron chi connectivity index (χ3n) is 4.54. The molecule has 2 aromatic rings. The first-order valence-electron chi connectivity index (χ1n) is 9.49. The van der Waals surface area contributed by atoms with Crippen molar-refractivity contribution in [1.82, 2.24) is 25.3 Å². The van der Waals surface area contributed by atoms with Gasteiger partial charge < -0.3 is 10.6 Å². The SMILES string of the molecule is CCN(CC)C(CNC(=NC)NCCCn1cccn1)c1ccccc1. The van der Waals surface area contributed by atoms with Crippen LogP contribution in [0.4, 0.5) is 0 Å². The summed E-state index contributed by atoms with van der Waals surface area (Å²) in [6, 6.07) is 13.0. The summed E-state index contributed by atoms with van der Waals surface area (Å²) in [5, 5.41) is 11.1. The molecule has 0 radical (unpaired) electrons. The second-order valence-electron chi connectivity index (χ2n) is 6.15. The number of benzene rings is 1. The molecule has 1 aromatic heterocycles. The highest BCUT2D eigenvalue weighted by atomic mass is 15.3. The van der Waals surface area contributed by atoms with Gasteiger partial charge in [0.25, 0.3) is 0 Å². The van der Waals surface area contributed by atoms with Crippen LogP contribution in [-0.2, 0) is 6.54 Å². The summed E-state index contributed by atoms with van der Waals surface area (Å²) in [7, 11) is 1.82. The number of aromatic nitrogens is 2. The Morgan fingerprint density at radius 3 is 2.54 bits per heavy atom. The van der Waals surface area contributed by atoms with Crippen LogP contribution in [0.3, 0.4) is 0 Å². The van der Waals surface area contributed by atoms with Crippen molar-refractivity contribution < 1.29 is 0 Å². The highest BCUT2D eigenvalue weighted by molar-refractivity contribution is 5.79. The predicted octanol–water partition coefficient (Wildman–Crippen LogP) is 2.52. The molecule has 6 nitrogen and oxygen atoms in total. The lowest BCUT2D eigenvalue weighted by Crippen LogP contribution is -2.43. The van der Waals surface area contributed by atoms with E-state index >= 15 is 0 Å².